The second-order valence-electron chi connectivity index (χ2n) is 4.35. The van der Waals surface area contributed by atoms with Crippen LogP contribution < -0.4 is 5.32 Å². The van der Waals surface area contributed by atoms with Gasteiger partial charge in [-0.3, -0.25) is 0 Å². The van der Waals surface area contributed by atoms with Gasteiger partial charge in [0.2, 0.25) is 0 Å². The predicted octanol–water partition coefficient (Wildman–Crippen LogP) is 1.96. The molecule has 0 radical (unpaired) electrons. The topological polar surface area (TPSA) is 30.5 Å². The van der Waals surface area contributed by atoms with Crippen LogP contribution in [0.4, 0.5) is 0 Å². The molecule has 0 aromatic carbocycles. The van der Waals surface area contributed by atoms with E-state index in [0.29, 0.717) is 18.2 Å². The lowest BCUT2D eigenvalue weighted by Crippen LogP contribution is -2.50. The van der Waals surface area contributed by atoms with Crippen LogP contribution >= 0.6 is 0 Å². The standard InChI is InChI=1S/C12H25NO2/c1-4-6-10(9-14-3)13-11-7-12(8-11)15-5-2/h10-13H,4-9H2,1-3H3. The van der Waals surface area contributed by atoms with Gasteiger partial charge in [0, 0.05) is 25.8 Å². The summed E-state index contributed by atoms with van der Waals surface area (Å²) in [5.74, 6) is 0. The average molecular weight is 215 g/mol. The van der Waals surface area contributed by atoms with Crippen LogP contribution in [-0.2, 0) is 9.47 Å². The van der Waals surface area contributed by atoms with Crippen molar-refractivity contribution in [2.24, 2.45) is 0 Å². The summed E-state index contributed by atoms with van der Waals surface area (Å²) in [4.78, 5) is 0. The van der Waals surface area contributed by atoms with Gasteiger partial charge >= 0.3 is 0 Å². The molecule has 3 heteroatoms. The Hall–Kier alpha value is -0.120. The van der Waals surface area contributed by atoms with Gasteiger partial charge in [-0.05, 0) is 26.2 Å². The molecule has 1 unspecified atom stereocenters. The van der Waals surface area contributed by atoms with Gasteiger partial charge in [0.15, 0.2) is 0 Å². The Kier molecular flexibility index (Phi) is 6.22. The number of rotatable bonds is 8. The lowest BCUT2D eigenvalue weighted by molar-refractivity contribution is -0.0151. The second-order valence-corrected chi connectivity index (χ2v) is 4.35. The first-order valence-electron chi connectivity index (χ1n) is 6.16. The first kappa shape index (κ1) is 12.9. The fourth-order valence-corrected chi connectivity index (χ4v) is 2.17. The Balaban J connectivity index is 2.11. The Bertz CT molecular complexity index is 152. The van der Waals surface area contributed by atoms with E-state index in [9.17, 15) is 0 Å². The van der Waals surface area contributed by atoms with Crippen molar-refractivity contribution in [2.75, 3.05) is 20.3 Å². The average Bonchev–Trinajstić information content (AvgIpc) is 2.15. The maximum atomic E-state index is 5.54. The molecule has 0 bridgehead atoms. The van der Waals surface area contributed by atoms with E-state index in [-0.39, 0.29) is 0 Å². The molecule has 0 amide bonds. The zero-order chi connectivity index (χ0) is 11.1. The summed E-state index contributed by atoms with van der Waals surface area (Å²) in [6.45, 7) is 5.94. The van der Waals surface area contributed by atoms with Crippen LogP contribution in [0.1, 0.15) is 39.5 Å². The Labute approximate surface area is 93.5 Å². The van der Waals surface area contributed by atoms with Crippen molar-refractivity contribution in [3.63, 3.8) is 0 Å². The largest absolute Gasteiger partial charge is 0.383 e. The van der Waals surface area contributed by atoms with Crippen LogP contribution in [-0.4, -0.2) is 38.5 Å². The van der Waals surface area contributed by atoms with Crippen LogP contribution in [0, 0.1) is 0 Å². The molecule has 0 heterocycles. The SMILES string of the molecule is CCCC(COC)NC1CC(OCC)C1. The number of nitrogens with one attached hydrogen (secondary N) is 1. The van der Waals surface area contributed by atoms with Crippen molar-refractivity contribution in [3.8, 4) is 0 Å². The summed E-state index contributed by atoms with van der Waals surface area (Å²) < 4.78 is 10.7. The summed E-state index contributed by atoms with van der Waals surface area (Å²) in [5.41, 5.74) is 0. The summed E-state index contributed by atoms with van der Waals surface area (Å²) in [7, 11) is 1.77. The smallest absolute Gasteiger partial charge is 0.0615 e. The van der Waals surface area contributed by atoms with Crippen molar-refractivity contribution in [1.29, 1.82) is 0 Å². The maximum absolute atomic E-state index is 5.54. The minimum atomic E-state index is 0.498. The van der Waals surface area contributed by atoms with Gasteiger partial charge in [-0.25, -0.2) is 0 Å². The minimum Gasteiger partial charge on any atom is -0.383 e. The molecule has 0 spiro atoms. The van der Waals surface area contributed by atoms with E-state index in [2.05, 4.69) is 19.2 Å². The predicted molar refractivity (Wildman–Crippen MR) is 62.1 cm³/mol. The number of hydrogen-bond donors (Lipinski definition) is 1. The Morgan fingerprint density at radius 1 is 1.33 bits per heavy atom. The molecule has 1 aliphatic rings. The number of methoxy groups -OCH3 is 1. The number of hydrogen-bond acceptors (Lipinski definition) is 3. The minimum absolute atomic E-state index is 0.498. The fourth-order valence-electron chi connectivity index (χ4n) is 2.17. The zero-order valence-corrected chi connectivity index (χ0v) is 10.3. The van der Waals surface area contributed by atoms with Gasteiger partial charge in [-0.1, -0.05) is 13.3 Å². The molecule has 1 atom stereocenters. The van der Waals surface area contributed by atoms with E-state index >= 15 is 0 Å². The highest BCUT2D eigenvalue weighted by Gasteiger charge is 2.30. The third kappa shape index (κ3) is 4.49. The van der Waals surface area contributed by atoms with Crippen LogP contribution in [0.15, 0.2) is 0 Å². The van der Waals surface area contributed by atoms with E-state index in [1.165, 1.54) is 12.8 Å². The highest BCUT2D eigenvalue weighted by molar-refractivity contribution is 4.88. The van der Waals surface area contributed by atoms with Gasteiger partial charge in [0.25, 0.3) is 0 Å². The van der Waals surface area contributed by atoms with Crippen LogP contribution in [0.3, 0.4) is 0 Å². The molecule has 1 aliphatic carbocycles. The van der Waals surface area contributed by atoms with Crippen LogP contribution in [0.2, 0.25) is 0 Å². The molecular formula is C12H25NO2. The number of ether oxygens (including phenoxy) is 2. The van der Waals surface area contributed by atoms with E-state index in [1.807, 2.05) is 0 Å². The second kappa shape index (κ2) is 7.20. The van der Waals surface area contributed by atoms with E-state index in [1.54, 1.807) is 7.11 Å². The van der Waals surface area contributed by atoms with E-state index < -0.39 is 0 Å². The molecule has 1 fully saturated rings. The van der Waals surface area contributed by atoms with E-state index in [0.717, 1.165) is 26.1 Å². The summed E-state index contributed by atoms with van der Waals surface area (Å²) in [6.07, 6.45) is 5.24. The molecule has 3 nitrogen and oxygen atoms in total. The van der Waals surface area contributed by atoms with Gasteiger partial charge in [-0.15, -0.1) is 0 Å². The van der Waals surface area contributed by atoms with Gasteiger partial charge < -0.3 is 14.8 Å². The summed E-state index contributed by atoms with van der Waals surface area (Å²) in [5, 5.41) is 3.64. The summed E-state index contributed by atoms with van der Waals surface area (Å²) >= 11 is 0. The van der Waals surface area contributed by atoms with Gasteiger partial charge in [0.05, 0.1) is 12.7 Å². The zero-order valence-electron chi connectivity index (χ0n) is 10.3. The van der Waals surface area contributed by atoms with Crippen molar-refractivity contribution in [1.82, 2.24) is 5.32 Å². The van der Waals surface area contributed by atoms with Crippen molar-refractivity contribution in [3.05, 3.63) is 0 Å². The quantitative estimate of drug-likeness (QED) is 0.671. The molecule has 1 N–H and O–H groups in total. The lowest BCUT2D eigenvalue weighted by atomic mass is 9.88. The third-order valence-corrected chi connectivity index (χ3v) is 2.97. The van der Waals surface area contributed by atoms with Crippen LogP contribution in [0.25, 0.3) is 0 Å². The fraction of sp³-hybridized carbons (Fsp3) is 1.00. The third-order valence-electron chi connectivity index (χ3n) is 2.97. The first-order chi connectivity index (χ1) is 7.30. The Morgan fingerprint density at radius 2 is 2.07 bits per heavy atom. The van der Waals surface area contributed by atoms with Crippen molar-refractivity contribution >= 4 is 0 Å². The molecule has 0 aliphatic heterocycles. The molecule has 0 aromatic rings. The van der Waals surface area contributed by atoms with Crippen LogP contribution in [0.5, 0.6) is 0 Å². The van der Waals surface area contributed by atoms with E-state index in [4.69, 9.17) is 9.47 Å². The highest BCUT2D eigenvalue weighted by atomic mass is 16.5. The molecule has 15 heavy (non-hydrogen) atoms. The monoisotopic (exact) mass is 215 g/mol. The molecular weight excluding hydrogens is 190 g/mol. The van der Waals surface area contributed by atoms with Gasteiger partial charge in [-0.2, -0.15) is 0 Å². The Morgan fingerprint density at radius 3 is 2.60 bits per heavy atom. The first-order valence-corrected chi connectivity index (χ1v) is 6.16. The normalized spacial score (nSPS) is 27.4. The van der Waals surface area contributed by atoms with Crippen molar-refractivity contribution < 1.29 is 9.47 Å². The molecule has 0 saturated heterocycles. The molecule has 1 saturated carbocycles. The lowest BCUT2D eigenvalue weighted by Gasteiger charge is -2.38. The van der Waals surface area contributed by atoms with Crippen molar-refractivity contribution in [2.45, 2.75) is 57.7 Å². The molecule has 1 rings (SSSR count). The highest BCUT2D eigenvalue weighted by Crippen LogP contribution is 2.24. The van der Waals surface area contributed by atoms with Gasteiger partial charge in [0.1, 0.15) is 0 Å². The molecule has 90 valence electrons. The summed E-state index contributed by atoms with van der Waals surface area (Å²) in [6, 6.07) is 1.17. The maximum Gasteiger partial charge on any atom is 0.0615 e. The molecule has 0 aromatic heterocycles.